The lowest BCUT2D eigenvalue weighted by atomic mass is 10.1. The van der Waals surface area contributed by atoms with E-state index in [0.717, 1.165) is 25.7 Å². The molecule has 88 valence electrons. The smallest absolute Gasteiger partial charge is 0.306 e. The molecule has 0 aromatic carbocycles. The van der Waals surface area contributed by atoms with E-state index in [4.69, 9.17) is 4.74 Å². The summed E-state index contributed by atoms with van der Waals surface area (Å²) in [5.74, 6) is 0.445. The zero-order valence-electron chi connectivity index (χ0n) is 9.74. The van der Waals surface area contributed by atoms with E-state index < -0.39 is 0 Å². The van der Waals surface area contributed by atoms with Crippen molar-refractivity contribution in [3.8, 4) is 0 Å². The predicted octanol–water partition coefficient (Wildman–Crippen LogP) is 2.13. The molecule has 1 aliphatic carbocycles. The van der Waals surface area contributed by atoms with Gasteiger partial charge in [0, 0.05) is 12.3 Å². The molecule has 0 bridgehead atoms. The molecule has 1 N–H and O–H groups in total. The molecule has 1 rings (SSSR count). The van der Waals surface area contributed by atoms with Crippen molar-refractivity contribution in [3.05, 3.63) is 0 Å². The van der Waals surface area contributed by atoms with E-state index in [1.807, 2.05) is 6.92 Å². The third kappa shape index (κ3) is 4.20. The summed E-state index contributed by atoms with van der Waals surface area (Å²) in [6.07, 6.45) is 4.13. The second kappa shape index (κ2) is 6.11. The summed E-state index contributed by atoms with van der Waals surface area (Å²) in [4.78, 5) is 11.4. The fourth-order valence-corrected chi connectivity index (χ4v) is 1.90. The van der Waals surface area contributed by atoms with Gasteiger partial charge in [0.15, 0.2) is 0 Å². The summed E-state index contributed by atoms with van der Waals surface area (Å²) >= 11 is 0. The van der Waals surface area contributed by atoms with Gasteiger partial charge in [0.1, 0.15) is 0 Å². The van der Waals surface area contributed by atoms with E-state index in [1.165, 1.54) is 0 Å². The highest BCUT2D eigenvalue weighted by atomic mass is 16.5. The van der Waals surface area contributed by atoms with E-state index in [9.17, 15) is 9.90 Å². The summed E-state index contributed by atoms with van der Waals surface area (Å²) in [5, 5.41) is 9.54. The monoisotopic (exact) mass is 214 g/mol. The minimum atomic E-state index is -0.263. The van der Waals surface area contributed by atoms with Crippen molar-refractivity contribution < 1.29 is 14.6 Å². The third-order valence-electron chi connectivity index (χ3n) is 3.29. The van der Waals surface area contributed by atoms with Crippen LogP contribution in [0.2, 0.25) is 0 Å². The lowest BCUT2D eigenvalue weighted by Gasteiger charge is -2.15. The van der Waals surface area contributed by atoms with Crippen LogP contribution in [0.1, 0.15) is 46.0 Å². The van der Waals surface area contributed by atoms with Crippen LogP contribution in [0, 0.1) is 11.8 Å². The van der Waals surface area contributed by atoms with Crippen LogP contribution in [-0.4, -0.2) is 23.8 Å². The molecule has 0 saturated heterocycles. The van der Waals surface area contributed by atoms with Gasteiger partial charge in [-0.25, -0.2) is 0 Å². The average Bonchev–Trinajstić information content (AvgIpc) is 2.61. The number of carbonyl (C=O) groups is 1. The molecule has 0 heterocycles. The van der Waals surface area contributed by atoms with Crippen molar-refractivity contribution in [2.24, 2.45) is 11.8 Å². The molecule has 3 nitrogen and oxygen atoms in total. The van der Waals surface area contributed by atoms with Crippen molar-refractivity contribution in [2.75, 3.05) is 6.61 Å². The van der Waals surface area contributed by atoms with Crippen molar-refractivity contribution in [2.45, 2.75) is 52.1 Å². The molecule has 15 heavy (non-hydrogen) atoms. The fraction of sp³-hybridized carbons (Fsp3) is 0.917. The maximum absolute atomic E-state index is 11.4. The number of carbonyl (C=O) groups excluding carboxylic acids is 1. The van der Waals surface area contributed by atoms with Crippen LogP contribution in [0.15, 0.2) is 0 Å². The Morgan fingerprint density at radius 2 is 2.27 bits per heavy atom. The largest absolute Gasteiger partial charge is 0.465 e. The van der Waals surface area contributed by atoms with E-state index in [2.05, 4.69) is 6.92 Å². The Labute approximate surface area is 91.8 Å². The van der Waals surface area contributed by atoms with Gasteiger partial charge >= 0.3 is 5.97 Å². The Bertz CT molecular complexity index is 203. The topological polar surface area (TPSA) is 46.5 Å². The van der Waals surface area contributed by atoms with Gasteiger partial charge in [0.2, 0.25) is 0 Å². The maximum atomic E-state index is 11.4. The molecule has 0 aliphatic heterocycles. The maximum Gasteiger partial charge on any atom is 0.306 e. The first kappa shape index (κ1) is 12.5. The fourth-order valence-electron chi connectivity index (χ4n) is 1.90. The van der Waals surface area contributed by atoms with Gasteiger partial charge in [0.05, 0.1) is 12.7 Å². The first-order valence-electron chi connectivity index (χ1n) is 5.97. The zero-order valence-corrected chi connectivity index (χ0v) is 9.74. The predicted molar refractivity (Wildman–Crippen MR) is 58.4 cm³/mol. The molecule has 3 heteroatoms. The quantitative estimate of drug-likeness (QED) is 0.713. The number of aliphatic hydroxyl groups is 1. The Morgan fingerprint density at radius 1 is 1.53 bits per heavy atom. The number of ether oxygens (including phenoxy) is 1. The highest BCUT2D eigenvalue weighted by Gasteiger charge is 2.26. The van der Waals surface area contributed by atoms with Crippen LogP contribution in [0.3, 0.4) is 0 Å². The first-order chi connectivity index (χ1) is 7.13. The molecular weight excluding hydrogens is 192 g/mol. The Kier molecular flexibility index (Phi) is 5.09. The first-order valence-corrected chi connectivity index (χ1v) is 5.97. The molecule has 0 amide bonds. The van der Waals surface area contributed by atoms with Gasteiger partial charge in [-0.1, -0.05) is 26.7 Å². The summed E-state index contributed by atoms with van der Waals surface area (Å²) in [6.45, 7) is 4.51. The van der Waals surface area contributed by atoms with Crippen LogP contribution in [0.25, 0.3) is 0 Å². The Balaban J connectivity index is 2.16. The Morgan fingerprint density at radius 3 is 2.80 bits per heavy atom. The molecule has 1 aliphatic rings. The van der Waals surface area contributed by atoms with Crippen molar-refractivity contribution in [3.63, 3.8) is 0 Å². The van der Waals surface area contributed by atoms with Crippen molar-refractivity contribution >= 4 is 5.97 Å². The number of hydrogen-bond acceptors (Lipinski definition) is 3. The highest BCUT2D eigenvalue weighted by Crippen LogP contribution is 2.25. The van der Waals surface area contributed by atoms with Gasteiger partial charge < -0.3 is 9.84 Å². The van der Waals surface area contributed by atoms with Gasteiger partial charge in [0.25, 0.3) is 0 Å². The van der Waals surface area contributed by atoms with Gasteiger partial charge in [-0.3, -0.25) is 4.79 Å². The van der Waals surface area contributed by atoms with Crippen LogP contribution >= 0.6 is 0 Å². The second-order valence-electron chi connectivity index (χ2n) is 4.66. The summed E-state index contributed by atoms with van der Waals surface area (Å²) < 4.78 is 5.17. The molecule has 3 atom stereocenters. The Hall–Kier alpha value is -0.570. The van der Waals surface area contributed by atoms with Crippen LogP contribution in [-0.2, 0) is 9.53 Å². The number of aliphatic hydroxyl groups excluding tert-OH is 1. The minimum absolute atomic E-state index is 0.122. The van der Waals surface area contributed by atoms with Gasteiger partial charge in [-0.05, 0) is 18.8 Å². The highest BCUT2D eigenvalue weighted by molar-refractivity contribution is 5.69. The number of esters is 1. The standard InChI is InChI=1S/C12H22O3/c1-3-9(2)7-12(14)15-8-10-5-4-6-11(10)13/h9-11,13H,3-8H2,1-2H3/t9-,10-,11+/m0/s1. The zero-order chi connectivity index (χ0) is 11.3. The number of hydrogen-bond donors (Lipinski definition) is 1. The average molecular weight is 214 g/mol. The lowest BCUT2D eigenvalue weighted by Crippen LogP contribution is -2.21. The molecule has 1 fully saturated rings. The molecule has 0 radical (unpaired) electrons. The molecule has 0 spiro atoms. The molecule has 1 saturated carbocycles. The summed E-state index contributed by atoms with van der Waals surface area (Å²) in [5.41, 5.74) is 0. The van der Waals surface area contributed by atoms with E-state index in [1.54, 1.807) is 0 Å². The third-order valence-corrected chi connectivity index (χ3v) is 3.29. The summed E-state index contributed by atoms with van der Waals surface area (Å²) in [6, 6.07) is 0. The SMILES string of the molecule is CC[C@H](C)CC(=O)OC[C@@H]1CCC[C@H]1O. The van der Waals surface area contributed by atoms with E-state index >= 15 is 0 Å². The van der Waals surface area contributed by atoms with Crippen LogP contribution in [0.5, 0.6) is 0 Å². The molecule has 0 aromatic rings. The summed E-state index contributed by atoms with van der Waals surface area (Å²) in [7, 11) is 0. The molecule has 0 aromatic heterocycles. The van der Waals surface area contributed by atoms with E-state index in [0.29, 0.717) is 18.9 Å². The van der Waals surface area contributed by atoms with E-state index in [-0.39, 0.29) is 18.0 Å². The normalized spacial score (nSPS) is 27.7. The minimum Gasteiger partial charge on any atom is -0.465 e. The second-order valence-corrected chi connectivity index (χ2v) is 4.66. The van der Waals surface area contributed by atoms with Crippen LogP contribution < -0.4 is 0 Å². The van der Waals surface area contributed by atoms with Gasteiger partial charge in [-0.15, -0.1) is 0 Å². The van der Waals surface area contributed by atoms with Crippen molar-refractivity contribution in [1.82, 2.24) is 0 Å². The van der Waals surface area contributed by atoms with Crippen LogP contribution in [0.4, 0.5) is 0 Å². The molecular formula is C12H22O3. The number of rotatable bonds is 5. The lowest BCUT2D eigenvalue weighted by molar-refractivity contribution is -0.146. The van der Waals surface area contributed by atoms with Crippen molar-refractivity contribution in [1.29, 1.82) is 0 Å². The van der Waals surface area contributed by atoms with Gasteiger partial charge in [-0.2, -0.15) is 0 Å². The molecule has 0 unspecified atom stereocenters.